The van der Waals surface area contributed by atoms with E-state index in [4.69, 9.17) is 5.11 Å². The van der Waals surface area contributed by atoms with Crippen molar-refractivity contribution in [3.63, 3.8) is 0 Å². The van der Waals surface area contributed by atoms with Crippen molar-refractivity contribution >= 4 is 17.5 Å². The number of hydrogen-bond acceptors (Lipinski definition) is 3. The molecule has 5 nitrogen and oxygen atoms in total. The average molecular weight is 290 g/mol. The van der Waals surface area contributed by atoms with Gasteiger partial charge in [-0.3, -0.25) is 9.59 Å². The number of carbonyl (C=O) groups excluding carboxylic acids is 2. The van der Waals surface area contributed by atoms with Crippen molar-refractivity contribution in [2.45, 2.75) is 26.7 Å². The average Bonchev–Trinajstić information content (AvgIpc) is 2.87. The summed E-state index contributed by atoms with van der Waals surface area (Å²) in [6.07, 6.45) is 1.40. The van der Waals surface area contributed by atoms with Crippen LogP contribution in [-0.4, -0.2) is 36.6 Å². The normalized spacial score (nSPS) is 14.7. The zero-order valence-electron chi connectivity index (χ0n) is 12.6. The Bertz CT molecular complexity index is 542. The molecule has 1 aliphatic heterocycles. The first kappa shape index (κ1) is 15.5. The molecule has 0 saturated heterocycles. The molecule has 0 bridgehead atoms. The minimum Gasteiger partial charge on any atom is -0.396 e. The standard InChI is InChI=1S/C16H22N2O3/c1-11-3-4-13-5-7-18(14(13)9-11)16(21)15(20)17-10-12(2)6-8-19/h3-4,9,12,19H,5-8,10H2,1-2H3,(H,17,20). The molecule has 1 aromatic carbocycles. The molecule has 0 aromatic heterocycles. The summed E-state index contributed by atoms with van der Waals surface area (Å²) in [5.41, 5.74) is 3.03. The quantitative estimate of drug-likeness (QED) is 0.813. The Hall–Kier alpha value is -1.88. The Morgan fingerprint density at radius 1 is 1.43 bits per heavy atom. The fourth-order valence-corrected chi connectivity index (χ4v) is 2.49. The van der Waals surface area contributed by atoms with Crippen LogP contribution in [0.25, 0.3) is 0 Å². The summed E-state index contributed by atoms with van der Waals surface area (Å²) in [6, 6.07) is 5.98. The maximum atomic E-state index is 12.3. The summed E-state index contributed by atoms with van der Waals surface area (Å²) < 4.78 is 0. The minimum absolute atomic E-state index is 0.0871. The molecule has 1 unspecified atom stereocenters. The second-order valence-corrected chi connectivity index (χ2v) is 5.67. The lowest BCUT2D eigenvalue weighted by molar-refractivity contribution is -0.137. The highest BCUT2D eigenvalue weighted by Gasteiger charge is 2.29. The number of carbonyl (C=O) groups is 2. The van der Waals surface area contributed by atoms with Crippen molar-refractivity contribution in [1.29, 1.82) is 0 Å². The monoisotopic (exact) mass is 290 g/mol. The van der Waals surface area contributed by atoms with E-state index in [1.165, 1.54) is 0 Å². The lowest BCUT2D eigenvalue weighted by atomic mass is 10.1. The largest absolute Gasteiger partial charge is 0.396 e. The fraction of sp³-hybridized carbons (Fsp3) is 0.500. The van der Waals surface area contributed by atoms with Gasteiger partial charge in [0.2, 0.25) is 0 Å². The first-order valence-corrected chi connectivity index (χ1v) is 7.33. The molecule has 21 heavy (non-hydrogen) atoms. The second kappa shape index (κ2) is 6.72. The number of aryl methyl sites for hydroxylation is 1. The lowest BCUT2D eigenvalue weighted by Gasteiger charge is -2.18. The molecule has 0 fully saturated rings. The van der Waals surface area contributed by atoms with Crippen molar-refractivity contribution in [3.8, 4) is 0 Å². The number of amides is 2. The van der Waals surface area contributed by atoms with Crippen molar-refractivity contribution in [2.24, 2.45) is 5.92 Å². The molecular formula is C16H22N2O3. The highest BCUT2D eigenvalue weighted by atomic mass is 16.3. The lowest BCUT2D eigenvalue weighted by Crippen LogP contribution is -2.43. The first-order chi connectivity index (χ1) is 10.0. The highest BCUT2D eigenvalue weighted by molar-refractivity contribution is 6.40. The summed E-state index contributed by atoms with van der Waals surface area (Å²) in [5.74, 6) is -0.926. The van der Waals surface area contributed by atoms with Gasteiger partial charge in [-0.15, -0.1) is 0 Å². The van der Waals surface area contributed by atoms with Gasteiger partial charge in [0.05, 0.1) is 0 Å². The Kier molecular flexibility index (Phi) is 4.96. The number of fused-ring (bicyclic) bond motifs is 1. The van der Waals surface area contributed by atoms with Gasteiger partial charge < -0.3 is 15.3 Å². The van der Waals surface area contributed by atoms with E-state index >= 15 is 0 Å². The smallest absolute Gasteiger partial charge is 0.316 e. The molecule has 0 aliphatic carbocycles. The van der Waals surface area contributed by atoms with E-state index in [2.05, 4.69) is 5.32 Å². The number of hydrogen-bond donors (Lipinski definition) is 2. The van der Waals surface area contributed by atoms with E-state index in [1.807, 2.05) is 32.0 Å². The van der Waals surface area contributed by atoms with E-state index in [-0.39, 0.29) is 12.5 Å². The van der Waals surface area contributed by atoms with Gasteiger partial charge >= 0.3 is 11.8 Å². The van der Waals surface area contributed by atoms with Crippen LogP contribution in [0.4, 0.5) is 5.69 Å². The molecule has 0 saturated carbocycles. The number of nitrogens with zero attached hydrogens (tertiary/aromatic N) is 1. The van der Waals surface area contributed by atoms with Crippen LogP contribution in [-0.2, 0) is 16.0 Å². The van der Waals surface area contributed by atoms with Crippen molar-refractivity contribution < 1.29 is 14.7 Å². The number of aliphatic hydroxyl groups is 1. The maximum Gasteiger partial charge on any atom is 0.316 e. The third-order valence-corrected chi connectivity index (χ3v) is 3.81. The van der Waals surface area contributed by atoms with Crippen LogP contribution in [0.3, 0.4) is 0 Å². The van der Waals surface area contributed by atoms with E-state index in [1.54, 1.807) is 4.90 Å². The molecule has 2 amide bonds. The van der Waals surface area contributed by atoms with Crippen molar-refractivity contribution in [3.05, 3.63) is 29.3 Å². The predicted octanol–water partition coefficient (Wildman–Crippen LogP) is 1.02. The molecule has 1 aliphatic rings. The third kappa shape index (κ3) is 3.61. The number of aliphatic hydroxyl groups excluding tert-OH is 1. The summed E-state index contributed by atoms with van der Waals surface area (Å²) >= 11 is 0. The van der Waals surface area contributed by atoms with Crippen LogP contribution in [0, 0.1) is 12.8 Å². The molecule has 114 valence electrons. The Morgan fingerprint density at radius 2 is 2.19 bits per heavy atom. The molecule has 2 N–H and O–H groups in total. The Labute approximate surface area is 125 Å². The first-order valence-electron chi connectivity index (χ1n) is 7.33. The highest BCUT2D eigenvalue weighted by Crippen LogP contribution is 2.28. The van der Waals surface area contributed by atoms with E-state index in [0.29, 0.717) is 19.5 Å². The molecule has 1 heterocycles. The summed E-state index contributed by atoms with van der Waals surface area (Å²) in [6.45, 7) is 4.94. The topological polar surface area (TPSA) is 69.6 Å². The Morgan fingerprint density at radius 3 is 2.90 bits per heavy atom. The second-order valence-electron chi connectivity index (χ2n) is 5.67. The molecule has 5 heteroatoms. The minimum atomic E-state index is -0.575. The number of rotatable bonds is 4. The molecule has 0 radical (unpaired) electrons. The van der Waals surface area contributed by atoms with E-state index in [9.17, 15) is 9.59 Å². The third-order valence-electron chi connectivity index (χ3n) is 3.81. The molecule has 1 atom stereocenters. The van der Waals surface area contributed by atoms with Crippen LogP contribution in [0.2, 0.25) is 0 Å². The number of nitrogens with one attached hydrogen (secondary N) is 1. The SMILES string of the molecule is Cc1ccc2c(c1)N(C(=O)C(=O)NCC(C)CCO)CC2. The Balaban J connectivity index is 1.99. The number of benzene rings is 1. The van der Waals surface area contributed by atoms with Gasteiger partial charge in [0.1, 0.15) is 0 Å². The maximum absolute atomic E-state index is 12.3. The van der Waals surface area contributed by atoms with Crippen LogP contribution in [0.1, 0.15) is 24.5 Å². The summed E-state index contributed by atoms with van der Waals surface area (Å²) in [5, 5.41) is 11.5. The predicted molar refractivity (Wildman–Crippen MR) is 81.1 cm³/mol. The van der Waals surface area contributed by atoms with Gasteiger partial charge in [-0.1, -0.05) is 19.1 Å². The van der Waals surface area contributed by atoms with Gasteiger partial charge in [0.15, 0.2) is 0 Å². The van der Waals surface area contributed by atoms with Crippen molar-refractivity contribution in [2.75, 3.05) is 24.6 Å². The van der Waals surface area contributed by atoms with E-state index < -0.39 is 11.8 Å². The van der Waals surface area contributed by atoms with Crippen LogP contribution >= 0.6 is 0 Å². The fourth-order valence-electron chi connectivity index (χ4n) is 2.49. The van der Waals surface area contributed by atoms with Gasteiger partial charge in [-0.05, 0) is 42.9 Å². The molecule has 1 aromatic rings. The zero-order chi connectivity index (χ0) is 15.4. The van der Waals surface area contributed by atoms with Crippen LogP contribution < -0.4 is 10.2 Å². The van der Waals surface area contributed by atoms with Gasteiger partial charge in [-0.2, -0.15) is 0 Å². The van der Waals surface area contributed by atoms with Crippen molar-refractivity contribution in [1.82, 2.24) is 5.32 Å². The molecular weight excluding hydrogens is 268 g/mol. The zero-order valence-corrected chi connectivity index (χ0v) is 12.6. The molecule has 2 rings (SSSR count). The van der Waals surface area contributed by atoms with Crippen LogP contribution in [0.15, 0.2) is 18.2 Å². The van der Waals surface area contributed by atoms with Gasteiger partial charge in [0.25, 0.3) is 0 Å². The molecule has 0 spiro atoms. The number of anilines is 1. The summed E-state index contributed by atoms with van der Waals surface area (Å²) in [7, 11) is 0. The van der Waals surface area contributed by atoms with Crippen LogP contribution in [0.5, 0.6) is 0 Å². The van der Waals surface area contributed by atoms with Gasteiger partial charge in [0, 0.05) is 25.4 Å². The van der Waals surface area contributed by atoms with E-state index in [0.717, 1.165) is 23.2 Å². The summed E-state index contributed by atoms with van der Waals surface area (Å²) in [4.78, 5) is 25.8. The van der Waals surface area contributed by atoms with Gasteiger partial charge in [-0.25, -0.2) is 0 Å².